The molecule has 0 radical (unpaired) electrons. The zero-order valence-electron chi connectivity index (χ0n) is 62.7. The molecule has 0 amide bonds. The van der Waals surface area contributed by atoms with Gasteiger partial charge in [-0.2, -0.15) is 0 Å². The number of aliphatic hydroxyl groups excluding tert-OH is 1. The molecule has 0 bridgehead atoms. The average Bonchev–Trinajstić information content (AvgIpc) is 1.20. The highest BCUT2D eigenvalue weighted by molar-refractivity contribution is 7.47. The first-order valence-corrected chi connectivity index (χ1v) is 43.0. The van der Waals surface area contributed by atoms with Crippen molar-refractivity contribution in [3.8, 4) is 0 Å². The molecule has 0 rings (SSSR count). The summed E-state index contributed by atoms with van der Waals surface area (Å²) < 4.78 is 68.5. The zero-order chi connectivity index (χ0) is 70.7. The molecule has 0 fully saturated rings. The van der Waals surface area contributed by atoms with E-state index in [1.807, 2.05) is 0 Å². The first-order valence-electron chi connectivity index (χ1n) is 40.0. The number of esters is 4. The molecule has 3 N–H and O–H groups in total. The molecule has 0 heterocycles. The van der Waals surface area contributed by atoms with Crippen LogP contribution in [0.15, 0.2) is 0 Å². The largest absolute Gasteiger partial charge is 0.472 e. The minimum absolute atomic E-state index is 0.106. The number of unbranched alkanes of at least 4 members (excludes halogenated alkanes) is 46. The molecule has 0 aliphatic heterocycles. The highest BCUT2D eigenvalue weighted by Gasteiger charge is 2.30. The summed E-state index contributed by atoms with van der Waals surface area (Å²) in [5.41, 5.74) is 0. The topological polar surface area (TPSA) is 237 Å². The molecule has 0 saturated heterocycles. The molecule has 0 spiro atoms. The number of rotatable bonds is 76. The second kappa shape index (κ2) is 68.8. The van der Waals surface area contributed by atoms with Crippen molar-refractivity contribution in [2.45, 2.75) is 419 Å². The maximum Gasteiger partial charge on any atom is 0.472 e. The molecule has 0 aromatic heterocycles. The summed E-state index contributed by atoms with van der Waals surface area (Å²) in [6.07, 6.45) is 57.0. The number of phosphoric acid groups is 2. The van der Waals surface area contributed by atoms with Gasteiger partial charge in [0.2, 0.25) is 0 Å². The standard InChI is InChI=1S/C77H150O17P2/c1-7-9-11-13-15-17-18-19-27-30-36-42-48-54-60-75(80)88-66-73(94-76(81)61-55-49-43-37-31-28-25-23-21-20-22-24-26-29-34-39-45-51-57-69(3)4)68-92-96(85,86)90-64-71(78)63-89-95(83,84)91-67-72(65-87-74(79)59-53-47-41-16-14-12-10-8-2)93-77(82)62-56-50-44-38-33-32-35-40-46-52-58-70(5)6/h69-73,78H,7-68H2,1-6H3,(H,83,84)(H,85,86)/t71-,72+,73+/m0/s1. The Morgan fingerprint density at radius 2 is 0.479 bits per heavy atom. The number of ether oxygens (including phenoxy) is 4. The van der Waals surface area contributed by atoms with Crippen LogP contribution in [0.2, 0.25) is 0 Å². The SMILES string of the molecule is CCCCCCCCCCCCCCCCC(=O)OC[C@H](COP(=O)(O)OC[C@@H](O)COP(=O)(O)OC[C@@H](COC(=O)CCCCCCCCCC)OC(=O)CCCCCCCCCCCCC(C)C)OC(=O)CCCCCCCCCCCCCCCCCCCCC(C)C. The van der Waals surface area contributed by atoms with Gasteiger partial charge in [0.15, 0.2) is 12.2 Å². The number of phosphoric ester groups is 2. The fraction of sp³-hybridized carbons (Fsp3) is 0.948. The maximum atomic E-state index is 13.1. The lowest BCUT2D eigenvalue weighted by atomic mass is 10.0. The van der Waals surface area contributed by atoms with Gasteiger partial charge in [-0.3, -0.25) is 37.3 Å². The van der Waals surface area contributed by atoms with Gasteiger partial charge in [0, 0.05) is 25.7 Å². The molecule has 0 aliphatic rings. The molecule has 2 unspecified atom stereocenters. The molecule has 0 aromatic rings. The van der Waals surface area contributed by atoms with E-state index >= 15 is 0 Å². The second-order valence-electron chi connectivity index (χ2n) is 28.7. The van der Waals surface area contributed by atoms with Crippen molar-refractivity contribution in [1.29, 1.82) is 0 Å². The quantitative estimate of drug-likeness (QED) is 0.0222. The van der Waals surface area contributed by atoms with Crippen LogP contribution in [0, 0.1) is 11.8 Å². The molecular weight excluding hydrogens is 1260 g/mol. The number of carbonyl (C=O) groups is 4. The Labute approximate surface area is 588 Å². The van der Waals surface area contributed by atoms with Gasteiger partial charge in [0.25, 0.3) is 0 Å². The van der Waals surface area contributed by atoms with Crippen molar-refractivity contribution in [1.82, 2.24) is 0 Å². The molecule has 0 aromatic carbocycles. The van der Waals surface area contributed by atoms with E-state index in [9.17, 15) is 43.2 Å². The van der Waals surface area contributed by atoms with Gasteiger partial charge in [0.05, 0.1) is 26.4 Å². The maximum absolute atomic E-state index is 13.1. The second-order valence-corrected chi connectivity index (χ2v) is 31.6. The molecule has 0 aliphatic carbocycles. The Morgan fingerprint density at radius 3 is 0.708 bits per heavy atom. The smallest absolute Gasteiger partial charge is 0.462 e. The van der Waals surface area contributed by atoms with Gasteiger partial charge in [-0.05, 0) is 37.5 Å². The minimum Gasteiger partial charge on any atom is -0.462 e. The van der Waals surface area contributed by atoms with Crippen LogP contribution in [-0.2, 0) is 65.4 Å². The van der Waals surface area contributed by atoms with Crippen LogP contribution in [0.1, 0.15) is 401 Å². The number of carbonyl (C=O) groups excluding carboxylic acids is 4. The summed E-state index contributed by atoms with van der Waals surface area (Å²) in [7, 11) is -9.91. The molecule has 17 nitrogen and oxygen atoms in total. The van der Waals surface area contributed by atoms with E-state index in [4.69, 9.17) is 37.0 Å². The highest BCUT2D eigenvalue weighted by Crippen LogP contribution is 2.45. The van der Waals surface area contributed by atoms with E-state index in [-0.39, 0.29) is 25.7 Å². The van der Waals surface area contributed by atoms with Crippen molar-refractivity contribution < 1.29 is 80.2 Å². The third-order valence-electron chi connectivity index (χ3n) is 18.0. The molecule has 5 atom stereocenters. The number of hydrogen-bond donors (Lipinski definition) is 3. The van der Waals surface area contributed by atoms with E-state index in [0.29, 0.717) is 25.7 Å². The summed E-state index contributed by atoms with van der Waals surface area (Å²) in [6, 6.07) is 0. The summed E-state index contributed by atoms with van der Waals surface area (Å²) in [5, 5.41) is 10.6. The minimum atomic E-state index is -4.96. The van der Waals surface area contributed by atoms with Crippen LogP contribution >= 0.6 is 15.6 Å². The lowest BCUT2D eigenvalue weighted by molar-refractivity contribution is -0.161. The molecule has 0 saturated carbocycles. The van der Waals surface area contributed by atoms with Gasteiger partial charge in [-0.25, -0.2) is 9.13 Å². The Hall–Kier alpha value is -1.94. The van der Waals surface area contributed by atoms with E-state index in [1.165, 1.54) is 212 Å². The van der Waals surface area contributed by atoms with Crippen molar-refractivity contribution in [2.75, 3.05) is 39.6 Å². The molecule has 19 heteroatoms. The van der Waals surface area contributed by atoms with Crippen LogP contribution in [-0.4, -0.2) is 96.7 Å². The Bertz CT molecular complexity index is 1860. The predicted octanol–water partition coefficient (Wildman–Crippen LogP) is 22.7. The highest BCUT2D eigenvalue weighted by atomic mass is 31.2. The van der Waals surface area contributed by atoms with Crippen LogP contribution in [0.5, 0.6) is 0 Å². The predicted molar refractivity (Wildman–Crippen MR) is 391 cm³/mol. The molecule has 96 heavy (non-hydrogen) atoms. The van der Waals surface area contributed by atoms with Crippen molar-refractivity contribution in [2.24, 2.45) is 11.8 Å². The van der Waals surface area contributed by atoms with Crippen LogP contribution in [0.25, 0.3) is 0 Å². The number of hydrogen-bond acceptors (Lipinski definition) is 15. The van der Waals surface area contributed by atoms with Crippen molar-refractivity contribution in [3.63, 3.8) is 0 Å². The Kier molecular flexibility index (Phi) is 67.4. The van der Waals surface area contributed by atoms with Gasteiger partial charge in [0.1, 0.15) is 19.3 Å². The third-order valence-corrected chi connectivity index (χ3v) is 19.9. The lowest BCUT2D eigenvalue weighted by Crippen LogP contribution is -2.30. The number of aliphatic hydroxyl groups is 1. The van der Waals surface area contributed by atoms with Crippen molar-refractivity contribution >= 4 is 39.5 Å². The third kappa shape index (κ3) is 70.5. The zero-order valence-corrected chi connectivity index (χ0v) is 64.5. The van der Waals surface area contributed by atoms with E-state index in [1.54, 1.807) is 0 Å². The van der Waals surface area contributed by atoms with E-state index < -0.39 is 97.5 Å². The van der Waals surface area contributed by atoms with Crippen LogP contribution in [0.3, 0.4) is 0 Å². The van der Waals surface area contributed by atoms with Gasteiger partial charge >= 0.3 is 39.5 Å². The normalized spacial score (nSPS) is 14.0. The molecular formula is C77H150O17P2. The Morgan fingerprint density at radius 1 is 0.281 bits per heavy atom. The molecule has 570 valence electrons. The monoisotopic (exact) mass is 1410 g/mol. The van der Waals surface area contributed by atoms with E-state index in [2.05, 4.69) is 41.5 Å². The fourth-order valence-electron chi connectivity index (χ4n) is 11.8. The van der Waals surface area contributed by atoms with Gasteiger partial charge in [-0.15, -0.1) is 0 Å². The summed E-state index contributed by atoms with van der Waals surface area (Å²) in [4.78, 5) is 72.7. The van der Waals surface area contributed by atoms with Gasteiger partial charge < -0.3 is 33.8 Å². The first-order chi connectivity index (χ1) is 46.4. The average molecular weight is 1410 g/mol. The summed E-state index contributed by atoms with van der Waals surface area (Å²) >= 11 is 0. The van der Waals surface area contributed by atoms with Crippen molar-refractivity contribution in [3.05, 3.63) is 0 Å². The summed E-state index contributed by atoms with van der Waals surface area (Å²) in [6.45, 7) is 9.60. The van der Waals surface area contributed by atoms with E-state index in [0.717, 1.165) is 108 Å². The lowest BCUT2D eigenvalue weighted by Gasteiger charge is -2.21. The van der Waals surface area contributed by atoms with Crippen LogP contribution in [0.4, 0.5) is 0 Å². The fourth-order valence-corrected chi connectivity index (χ4v) is 13.4. The van der Waals surface area contributed by atoms with Crippen LogP contribution < -0.4 is 0 Å². The Balaban J connectivity index is 5.18. The summed E-state index contributed by atoms with van der Waals surface area (Å²) in [5.74, 6) is -0.544. The van der Waals surface area contributed by atoms with Gasteiger partial charge in [-0.1, -0.05) is 350 Å². The first kappa shape index (κ1) is 94.1.